The summed E-state index contributed by atoms with van der Waals surface area (Å²) in [6.07, 6.45) is 6.99. The molecule has 0 radical (unpaired) electrons. The van der Waals surface area contributed by atoms with E-state index in [4.69, 9.17) is 11.6 Å². The van der Waals surface area contributed by atoms with Gasteiger partial charge in [0.1, 0.15) is 12.1 Å². The lowest BCUT2D eigenvalue weighted by molar-refractivity contribution is 0.402. The zero-order chi connectivity index (χ0) is 19.6. The van der Waals surface area contributed by atoms with Crippen molar-refractivity contribution in [3.63, 3.8) is 0 Å². The number of anilines is 1. The van der Waals surface area contributed by atoms with Gasteiger partial charge in [-0.25, -0.2) is 14.6 Å². The summed E-state index contributed by atoms with van der Waals surface area (Å²) in [4.78, 5) is 11.5. The van der Waals surface area contributed by atoms with E-state index in [1.54, 1.807) is 6.33 Å². The average molecular weight is 404 g/mol. The summed E-state index contributed by atoms with van der Waals surface area (Å²) >= 11 is 6.16. The van der Waals surface area contributed by atoms with Crippen molar-refractivity contribution in [2.75, 3.05) is 18.0 Å². The third-order valence-electron chi connectivity index (χ3n) is 5.68. The Hall–Kier alpha value is -2.92. The predicted octanol–water partition coefficient (Wildman–Crippen LogP) is 4.93. The maximum absolute atomic E-state index is 6.16. The van der Waals surface area contributed by atoms with Crippen molar-refractivity contribution in [1.29, 1.82) is 0 Å². The second-order valence-corrected chi connectivity index (χ2v) is 8.03. The first-order chi connectivity index (χ1) is 14.3. The van der Waals surface area contributed by atoms with Crippen LogP contribution in [-0.2, 0) is 6.42 Å². The molecule has 146 valence electrons. The van der Waals surface area contributed by atoms with Gasteiger partial charge in [-0.2, -0.15) is 5.10 Å². The van der Waals surface area contributed by atoms with Crippen molar-refractivity contribution in [1.82, 2.24) is 19.7 Å². The van der Waals surface area contributed by atoms with Crippen LogP contribution in [0.2, 0.25) is 5.02 Å². The van der Waals surface area contributed by atoms with Gasteiger partial charge < -0.3 is 4.90 Å². The molecule has 0 unspecified atom stereocenters. The Bertz CT molecular complexity index is 1120. The van der Waals surface area contributed by atoms with Gasteiger partial charge >= 0.3 is 0 Å². The highest BCUT2D eigenvalue weighted by molar-refractivity contribution is 6.30. The molecule has 0 bridgehead atoms. The zero-order valence-corrected chi connectivity index (χ0v) is 16.8. The quantitative estimate of drug-likeness (QED) is 0.484. The van der Waals surface area contributed by atoms with Crippen LogP contribution < -0.4 is 4.90 Å². The largest absolute Gasteiger partial charge is 0.356 e. The van der Waals surface area contributed by atoms with Gasteiger partial charge in [0.05, 0.1) is 17.3 Å². The lowest BCUT2D eigenvalue weighted by Gasteiger charge is -2.33. The summed E-state index contributed by atoms with van der Waals surface area (Å²) in [5, 5.41) is 6.22. The minimum atomic E-state index is 0.681. The second-order valence-electron chi connectivity index (χ2n) is 7.59. The van der Waals surface area contributed by atoms with Crippen molar-refractivity contribution >= 4 is 28.5 Å². The number of hydrogen-bond donors (Lipinski definition) is 0. The summed E-state index contributed by atoms with van der Waals surface area (Å²) < 4.78 is 1.83. The molecule has 0 spiro atoms. The Morgan fingerprint density at radius 2 is 1.79 bits per heavy atom. The summed E-state index contributed by atoms with van der Waals surface area (Å²) in [6.45, 7) is 2.01. The van der Waals surface area contributed by atoms with Gasteiger partial charge in [-0.05, 0) is 48.9 Å². The molecule has 1 fully saturated rings. The van der Waals surface area contributed by atoms with Gasteiger partial charge in [0.2, 0.25) is 0 Å². The van der Waals surface area contributed by atoms with E-state index in [9.17, 15) is 0 Å². The first-order valence-corrected chi connectivity index (χ1v) is 10.4. The Morgan fingerprint density at radius 3 is 2.59 bits per heavy atom. The average Bonchev–Trinajstić information content (AvgIpc) is 3.19. The van der Waals surface area contributed by atoms with E-state index in [0.717, 1.165) is 48.0 Å². The lowest BCUT2D eigenvalue weighted by Crippen LogP contribution is -2.35. The van der Waals surface area contributed by atoms with Crippen LogP contribution in [0.1, 0.15) is 18.4 Å². The third kappa shape index (κ3) is 3.70. The topological polar surface area (TPSA) is 46.8 Å². The van der Waals surface area contributed by atoms with Crippen molar-refractivity contribution in [2.24, 2.45) is 5.92 Å². The summed E-state index contributed by atoms with van der Waals surface area (Å²) in [6, 6.07) is 18.4. The van der Waals surface area contributed by atoms with Gasteiger partial charge in [0, 0.05) is 18.1 Å². The Balaban J connectivity index is 1.36. The highest BCUT2D eigenvalue weighted by Crippen LogP contribution is 2.29. The van der Waals surface area contributed by atoms with Crippen LogP contribution in [-0.4, -0.2) is 32.8 Å². The van der Waals surface area contributed by atoms with E-state index >= 15 is 0 Å². The number of fused-ring (bicyclic) bond motifs is 1. The maximum Gasteiger partial charge on any atom is 0.168 e. The Kier molecular flexibility index (Phi) is 4.90. The minimum Gasteiger partial charge on any atom is -0.356 e. The van der Waals surface area contributed by atoms with Gasteiger partial charge in [-0.15, -0.1) is 0 Å². The van der Waals surface area contributed by atoms with Crippen LogP contribution >= 0.6 is 11.6 Å². The lowest BCUT2D eigenvalue weighted by atomic mass is 9.90. The molecule has 2 aromatic heterocycles. The molecule has 3 heterocycles. The number of hydrogen-bond acceptors (Lipinski definition) is 4. The summed E-state index contributed by atoms with van der Waals surface area (Å²) in [5.74, 6) is 1.70. The van der Waals surface area contributed by atoms with Gasteiger partial charge in [-0.3, -0.25) is 0 Å². The molecular weight excluding hydrogens is 382 g/mol. The summed E-state index contributed by atoms with van der Waals surface area (Å²) in [7, 11) is 0. The number of rotatable bonds is 4. The van der Waals surface area contributed by atoms with Crippen LogP contribution in [0.5, 0.6) is 0 Å². The van der Waals surface area contributed by atoms with Gasteiger partial charge in [0.25, 0.3) is 0 Å². The van der Waals surface area contributed by atoms with Crippen LogP contribution in [0.3, 0.4) is 0 Å². The summed E-state index contributed by atoms with van der Waals surface area (Å²) in [5.41, 5.74) is 3.14. The van der Waals surface area contributed by atoms with E-state index in [1.807, 2.05) is 35.1 Å². The fourth-order valence-corrected chi connectivity index (χ4v) is 4.36. The van der Waals surface area contributed by atoms with E-state index in [-0.39, 0.29) is 0 Å². The first kappa shape index (κ1) is 18.1. The molecule has 0 saturated carbocycles. The molecule has 2 aromatic carbocycles. The number of piperidine rings is 1. The number of aromatic nitrogens is 4. The highest BCUT2D eigenvalue weighted by Gasteiger charge is 2.23. The molecular formula is C23H22ClN5. The molecule has 0 atom stereocenters. The monoisotopic (exact) mass is 403 g/mol. The van der Waals surface area contributed by atoms with E-state index in [2.05, 4.69) is 50.3 Å². The van der Waals surface area contributed by atoms with Gasteiger partial charge in [0.15, 0.2) is 5.65 Å². The molecule has 0 N–H and O–H groups in total. The van der Waals surface area contributed by atoms with E-state index in [0.29, 0.717) is 5.02 Å². The second kappa shape index (κ2) is 7.84. The predicted molar refractivity (Wildman–Crippen MR) is 117 cm³/mol. The molecule has 0 amide bonds. The highest BCUT2D eigenvalue weighted by atomic mass is 35.5. The smallest absolute Gasteiger partial charge is 0.168 e. The molecule has 5 rings (SSSR count). The van der Waals surface area contributed by atoms with E-state index < -0.39 is 0 Å². The van der Waals surface area contributed by atoms with Crippen LogP contribution in [0.15, 0.2) is 67.1 Å². The number of halogens is 1. The van der Waals surface area contributed by atoms with Crippen LogP contribution in [0.4, 0.5) is 5.82 Å². The van der Waals surface area contributed by atoms with Gasteiger partial charge in [-0.1, -0.05) is 48.0 Å². The Labute approximate surface area is 175 Å². The van der Waals surface area contributed by atoms with Crippen molar-refractivity contribution in [3.8, 4) is 5.69 Å². The standard InChI is InChI=1S/C23H22ClN5/c24-19-7-4-8-20(14-19)29-23-21(15-27-29)22(25-16-26-23)28-11-9-18(10-12-28)13-17-5-2-1-3-6-17/h1-8,14-16,18H,9-13H2. The fourth-order valence-electron chi connectivity index (χ4n) is 4.18. The molecule has 1 aliphatic rings. The minimum absolute atomic E-state index is 0.681. The first-order valence-electron chi connectivity index (χ1n) is 10.0. The van der Waals surface area contributed by atoms with Crippen LogP contribution in [0, 0.1) is 5.92 Å². The number of nitrogens with zero attached hydrogens (tertiary/aromatic N) is 5. The normalized spacial score (nSPS) is 15.1. The Morgan fingerprint density at radius 1 is 0.966 bits per heavy atom. The van der Waals surface area contributed by atoms with Crippen LogP contribution in [0.25, 0.3) is 16.7 Å². The zero-order valence-electron chi connectivity index (χ0n) is 16.1. The molecule has 0 aliphatic carbocycles. The molecule has 1 saturated heterocycles. The fraction of sp³-hybridized carbons (Fsp3) is 0.261. The number of benzene rings is 2. The maximum atomic E-state index is 6.16. The molecule has 29 heavy (non-hydrogen) atoms. The molecule has 5 nitrogen and oxygen atoms in total. The van der Waals surface area contributed by atoms with E-state index in [1.165, 1.54) is 18.4 Å². The third-order valence-corrected chi connectivity index (χ3v) is 5.91. The molecule has 6 heteroatoms. The van der Waals surface area contributed by atoms with Crippen molar-refractivity contribution < 1.29 is 0 Å². The van der Waals surface area contributed by atoms with Crippen molar-refractivity contribution in [2.45, 2.75) is 19.3 Å². The van der Waals surface area contributed by atoms with Crippen molar-refractivity contribution in [3.05, 3.63) is 77.7 Å². The SMILES string of the molecule is Clc1cccc(-n2ncc3c(N4CCC(Cc5ccccc5)CC4)ncnc32)c1. The molecule has 4 aromatic rings. The molecule has 1 aliphatic heterocycles.